The number of benzene rings is 1. The first-order valence-corrected chi connectivity index (χ1v) is 8.36. The van der Waals surface area contributed by atoms with Crippen LogP contribution < -0.4 is 4.90 Å². The van der Waals surface area contributed by atoms with Crippen molar-refractivity contribution >= 4 is 23.5 Å². The Labute approximate surface area is 139 Å². The number of nitrogens with zero attached hydrogens (tertiary/aromatic N) is 1. The third-order valence-electron chi connectivity index (χ3n) is 6.19. The second-order valence-corrected chi connectivity index (χ2v) is 7.21. The zero-order chi connectivity index (χ0) is 16.6. The summed E-state index contributed by atoms with van der Waals surface area (Å²) in [6, 6.07) is 6.56. The maximum Gasteiger partial charge on any atom is 0.337 e. The lowest BCUT2D eigenvalue weighted by atomic mass is 9.63. The minimum absolute atomic E-state index is 0.114. The van der Waals surface area contributed by atoms with Crippen LogP contribution in [0.25, 0.3) is 0 Å². The van der Waals surface area contributed by atoms with Crippen LogP contribution in [0.1, 0.15) is 16.8 Å². The fourth-order valence-electron chi connectivity index (χ4n) is 5.10. The predicted molar refractivity (Wildman–Crippen MR) is 85.0 cm³/mol. The molecule has 1 aliphatic heterocycles. The Hall–Kier alpha value is -2.43. The van der Waals surface area contributed by atoms with E-state index in [0.29, 0.717) is 23.1 Å². The lowest BCUT2D eigenvalue weighted by molar-refractivity contribution is -0.124. The maximum absolute atomic E-state index is 13.0. The van der Waals surface area contributed by atoms with Crippen molar-refractivity contribution in [2.45, 2.75) is 6.42 Å². The first-order valence-electron chi connectivity index (χ1n) is 8.36. The highest BCUT2D eigenvalue weighted by atomic mass is 16.5. The molecule has 6 atom stereocenters. The third kappa shape index (κ3) is 1.62. The van der Waals surface area contributed by atoms with Crippen molar-refractivity contribution in [2.75, 3.05) is 12.0 Å². The molecule has 5 nitrogen and oxygen atoms in total. The standard InChI is InChI=1S/C19H17NO4/c1-24-19(23)9-3-2-4-10(7-9)20-17(21)15-11-5-6-12(14-8-13(11)14)16(15)18(20)22/h2-7,11-16H,8H2,1H3/t11-,12+,13-,14-,15+,16-/m0/s1. The molecule has 24 heavy (non-hydrogen) atoms. The maximum atomic E-state index is 13.0. The van der Waals surface area contributed by atoms with Crippen molar-refractivity contribution in [1.82, 2.24) is 0 Å². The highest BCUT2D eigenvalue weighted by molar-refractivity contribution is 6.22. The molecule has 0 unspecified atom stereocenters. The fourth-order valence-corrected chi connectivity index (χ4v) is 5.10. The van der Waals surface area contributed by atoms with Gasteiger partial charge in [0.15, 0.2) is 0 Å². The van der Waals surface area contributed by atoms with E-state index < -0.39 is 5.97 Å². The molecule has 0 N–H and O–H groups in total. The van der Waals surface area contributed by atoms with Gasteiger partial charge in [-0.05, 0) is 48.3 Å². The summed E-state index contributed by atoms with van der Waals surface area (Å²) in [5, 5.41) is 0. The summed E-state index contributed by atoms with van der Waals surface area (Å²) in [5.74, 6) is 0.421. The Balaban J connectivity index is 1.54. The molecule has 2 saturated carbocycles. The molecule has 6 rings (SSSR count). The summed E-state index contributed by atoms with van der Waals surface area (Å²) < 4.78 is 4.73. The molecule has 2 amide bonds. The van der Waals surface area contributed by atoms with E-state index in [-0.39, 0.29) is 35.5 Å². The van der Waals surface area contributed by atoms with Gasteiger partial charge in [0.1, 0.15) is 0 Å². The molecule has 5 heteroatoms. The summed E-state index contributed by atoms with van der Waals surface area (Å²) in [7, 11) is 1.31. The van der Waals surface area contributed by atoms with E-state index in [1.165, 1.54) is 12.0 Å². The van der Waals surface area contributed by atoms with Crippen molar-refractivity contribution < 1.29 is 19.1 Å². The van der Waals surface area contributed by atoms with Gasteiger partial charge < -0.3 is 4.74 Å². The Morgan fingerprint density at radius 3 is 2.29 bits per heavy atom. The van der Waals surface area contributed by atoms with Crippen LogP contribution in [0.3, 0.4) is 0 Å². The van der Waals surface area contributed by atoms with Gasteiger partial charge in [0.2, 0.25) is 11.8 Å². The van der Waals surface area contributed by atoms with E-state index in [1.807, 2.05) is 0 Å². The van der Waals surface area contributed by atoms with Crippen LogP contribution in [0.5, 0.6) is 0 Å². The van der Waals surface area contributed by atoms with Crippen molar-refractivity contribution in [3.63, 3.8) is 0 Å². The first kappa shape index (κ1) is 14.0. The number of hydrogen-bond acceptors (Lipinski definition) is 4. The number of ether oxygens (including phenoxy) is 1. The number of allylic oxidation sites excluding steroid dienone is 2. The number of anilines is 1. The van der Waals surface area contributed by atoms with Gasteiger partial charge in [0, 0.05) is 0 Å². The molecular weight excluding hydrogens is 306 g/mol. The highest BCUT2D eigenvalue weighted by Crippen LogP contribution is 2.65. The van der Waals surface area contributed by atoms with Gasteiger partial charge in [-0.25, -0.2) is 9.69 Å². The molecule has 3 fully saturated rings. The molecule has 2 bridgehead atoms. The predicted octanol–water partition coefficient (Wildman–Crippen LogP) is 2.03. The van der Waals surface area contributed by atoms with Crippen LogP contribution in [0, 0.1) is 35.5 Å². The number of rotatable bonds is 2. The molecule has 4 aliphatic carbocycles. The molecule has 1 aromatic carbocycles. The number of carbonyl (C=O) groups is 3. The fraction of sp³-hybridized carbons (Fsp3) is 0.421. The average molecular weight is 323 g/mol. The van der Waals surface area contributed by atoms with Crippen LogP contribution in [0.2, 0.25) is 0 Å². The van der Waals surface area contributed by atoms with Crippen LogP contribution in [-0.2, 0) is 14.3 Å². The average Bonchev–Trinajstić information content (AvgIpc) is 3.38. The number of amides is 2. The van der Waals surface area contributed by atoms with E-state index in [4.69, 9.17) is 4.74 Å². The number of imide groups is 1. The molecule has 1 heterocycles. The van der Waals surface area contributed by atoms with Crippen molar-refractivity contribution in [3.8, 4) is 0 Å². The summed E-state index contributed by atoms with van der Waals surface area (Å²) in [4.78, 5) is 39.0. The lowest BCUT2D eigenvalue weighted by Crippen LogP contribution is -2.40. The molecule has 5 aliphatic rings. The molecule has 0 radical (unpaired) electrons. The molecule has 0 aromatic heterocycles. The van der Waals surface area contributed by atoms with Gasteiger partial charge in [0.05, 0.1) is 30.2 Å². The van der Waals surface area contributed by atoms with Crippen LogP contribution in [0.4, 0.5) is 5.69 Å². The van der Waals surface area contributed by atoms with Crippen LogP contribution in [-0.4, -0.2) is 24.9 Å². The Bertz CT molecular complexity index is 777. The third-order valence-corrected chi connectivity index (χ3v) is 6.19. The summed E-state index contributed by atoms with van der Waals surface area (Å²) >= 11 is 0. The zero-order valence-corrected chi connectivity index (χ0v) is 13.2. The molecular formula is C19H17NO4. The van der Waals surface area contributed by atoms with Crippen molar-refractivity contribution in [2.24, 2.45) is 35.5 Å². The van der Waals surface area contributed by atoms with Gasteiger partial charge >= 0.3 is 5.97 Å². The quantitative estimate of drug-likeness (QED) is 0.475. The Kier molecular flexibility index (Phi) is 2.65. The number of esters is 1. The van der Waals surface area contributed by atoms with Crippen molar-refractivity contribution in [3.05, 3.63) is 42.0 Å². The summed E-state index contributed by atoms with van der Waals surface area (Å²) in [6.45, 7) is 0. The number of hydrogen-bond donors (Lipinski definition) is 0. The highest BCUT2D eigenvalue weighted by Gasteiger charge is 2.67. The van der Waals surface area contributed by atoms with E-state index in [9.17, 15) is 14.4 Å². The van der Waals surface area contributed by atoms with E-state index in [2.05, 4.69) is 12.2 Å². The Morgan fingerprint density at radius 2 is 1.71 bits per heavy atom. The summed E-state index contributed by atoms with van der Waals surface area (Å²) in [6.07, 6.45) is 5.45. The van der Waals surface area contributed by atoms with E-state index in [0.717, 1.165) is 6.42 Å². The number of methoxy groups -OCH3 is 1. The minimum Gasteiger partial charge on any atom is -0.465 e. The topological polar surface area (TPSA) is 63.7 Å². The van der Waals surface area contributed by atoms with Gasteiger partial charge in [-0.15, -0.1) is 0 Å². The number of carbonyl (C=O) groups excluding carboxylic acids is 3. The second-order valence-electron chi connectivity index (χ2n) is 7.21. The van der Waals surface area contributed by atoms with E-state index in [1.54, 1.807) is 24.3 Å². The van der Waals surface area contributed by atoms with E-state index >= 15 is 0 Å². The van der Waals surface area contributed by atoms with Gasteiger partial charge in [0.25, 0.3) is 0 Å². The van der Waals surface area contributed by atoms with Gasteiger partial charge in [-0.2, -0.15) is 0 Å². The Morgan fingerprint density at radius 1 is 1.08 bits per heavy atom. The molecule has 0 spiro atoms. The SMILES string of the molecule is COC(=O)c1cccc(N2C(=O)[C@@H]3[C@H]4C=C[C@H]([C@@H]5C[C@@H]45)[C@@H]3C2=O)c1. The summed E-state index contributed by atoms with van der Waals surface area (Å²) in [5.41, 5.74) is 0.810. The molecule has 122 valence electrons. The van der Waals surface area contributed by atoms with Crippen molar-refractivity contribution in [1.29, 1.82) is 0 Å². The smallest absolute Gasteiger partial charge is 0.337 e. The van der Waals surface area contributed by atoms with Gasteiger partial charge in [-0.1, -0.05) is 18.2 Å². The van der Waals surface area contributed by atoms with Crippen LogP contribution >= 0.6 is 0 Å². The van der Waals surface area contributed by atoms with Crippen LogP contribution in [0.15, 0.2) is 36.4 Å². The normalized spacial score (nSPS) is 38.1. The monoisotopic (exact) mass is 323 g/mol. The van der Waals surface area contributed by atoms with Gasteiger partial charge in [-0.3, -0.25) is 9.59 Å². The lowest BCUT2D eigenvalue weighted by Gasteiger charge is -2.37. The zero-order valence-electron chi connectivity index (χ0n) is 13.2. The first-order chi connectivity index (χ1) is 11.6. The molecule has 1 aromatic rings. The molecule has 1 saturated heterocycles. The largest absolute Gasteiger partial charge is 0.465 e. The minimum atomic E-state index is -0.476. The second kappa shape index (κ2) is 4.56.